The number of thiazole rings is 1. The molecule has 126 valence electrons. The van der Waals surface area contributed by atoms with Gasteiger partial charge >= 0.3 is 0 Å². The van der Waals surface area contributed by atoms with Gasteiger partial charge in [0.05, 0.1) is 5.69 Å². The SMILES string of the molecule is O=C(Nc1nc2c(s1)CN(Cc1cccnc1)CC2)C1CCCO1. The first-order valence-corrected chi connectivity index (χ1v) is 9.12. The maximum absolute atomic E-state index is 12.1. The molecular weight excluding hydrogens is 324 g/mol. The Morgan fingerprint density at radius 1 is 1.50 bits per heavy atom. The largest absolute Gasteiger partial charge is 0.368 e. The summed E-state index contributed by atoms with van der Waals surface area (Å²) in [5.74, 6) is -0.0641. The highest BCUT2D eigenvalue weighted by molar-refractivity contribution is 7.15. The van der Waals surface area contributed by atoms with Crippen LogP contribution in [0.15, 0.2) is 24.5 Å². The van der Waals surface area contributed by atoms with Gasteiger partial charge in [0, 0.05) is 49.9 Å². The lowest BCUT2D eigenvalue weighted by Gasteiger charge is -2.25. The van der Waals surface area contributed by atoms with E-state index in [2.05, 4.69) is 26.3 Å². The summed E-state index contributed by atoms with van der Waals surface area (Å²) in [6, 6.07) is 4.07. The number of rotatable bonds is 4. The molecule has 7 heteroatoms. The van der Waals surface area contributed by atoms with E-state index in [9.17, 15) is 4.79 Å². The van der Waals surface area contributed by atoms with Crippen LogP contribution in [-0.2, 0) is 29.0 Å². The lowest BCUT2D eigenvalue weighted by Crippen LogP contribution is -2.29. The number of aromatic nitrogens is 2. The molecule has 6 nitrogen and oxygen atoms in total. The Morgan fingerprint density at radius 3 is 3.25 bits per heavy atom. The van der Waals surface area contributed by atoms with Crippen LogP contribution in [0.25, 0.3) is 0 Å². The lowest BCUT2D eigenvalue weighted by atomic mass is 10.1. The number of carbonyl (C=O) groups excluding carboxylic acids is 1. The fraction of sp³-hybridized carbons (Fsp3) is 0.471. The monoisotopic (exact) mass is 344 g/mol. The Morgan fingerprint density at radius 2 is 2.46 bits per heavy atom. The van der Waals surface area contributed by atoms with Gasteiger partial charge in [-0.15, -0.1) is 11.3 Å². The third-order valence-electron chi connectivity index (χ3n) is 4.39. The molecule has 24 heavy (non-hydrogen) atoms. The average Bonchev–Trinajstić information content (AvgIpc) is 3.24. The number of amides is 1. The van der Waals surface area contributed by atoms with Gasteiger partial charge in [-0.25, -0.2) is 4.98 Å². The molecule has 0 spiro atoms. The second kappa shape index (κ2) is 6.96. The Kier molecular flexibility index (Phi) is 4.55. The van der Waals surface area contributed by atoms with Gasteiger partial charge < -0.3 is 4.74 Å². The second-order valence-corrected chi connectivity index (χ2v) is 7.29. The zero-order chi connectivity index (χ0) is 16.4. The number of fused-ring (bicyclic) bond motifs is 1. The summed E-state index contributed by atoms with van der Waals surface area (Å²) in [5.41, 5.74) is 2.34. The number of pyridine rings is 1. The van der Waals surface area contributed by atoms with Crippen molar-refractivity contribution in [1.29, 1.82) is 0 Å². The summed E-state index contributed by atoms with van der Waals surface area (Å²) in [7, 11) is 0. The summed E-state index contributed by atoms with van der Waals surface area (Å²) < 4.78 is 5.42. The van der Waals surface area contributed by atoms with Crippen molar-refractivity contribution in [1.82, 2.24) is 14.9 Å². The van der Waals surface area contributed by atoms with E-state index in [0.717, 1.165) is 44.6 Å². The first-order chi connectivity index (χ1) is 11.8. The normalized spacial score (nSPS) is 20.8. The van der Waals surface area contributed by atoms with E-state index in [1.165, 1.54) is 10.4 Å². The molecule has 4 rings (SSSR count). The molecule has 0 aliphatic carbocycles. The minimum Gasteiger partial charge on any atom is -0.368 e. The van der Waals surface area contributed by atoms with Gasteiger partial charge in [0.2, 0.25) is 0 Å². The average molecular weight is 344 g/mol. The van der Waals surface area contributed by atoms with Crippen LogP contribution in [-0.4, -0.2) is 40.0 Å². The van der Waals surface area contributed by atoms with E-state index in [1.807, 2.05) is 12.3 Å². The quantitative estimate of drug-likeness (QED) is 0.921. The van der Waals surface area contributed by atoms with Crippen molar-refractivity contribution in [2.75, 3.05) is 18.5 Å². The van der Waals surface area contributed by atoms with Crippen LogP contribution in [0.5, 0.6) is 0 Å². The molecule has 2 aliphatic heterocycles. The molecule has 2 aliphatic rings. The van der Waals surface area contributed by atoms with Crippen molar-refractivity contribution in [2.24, 2.45) is 0 Å². The summed E-state index contributed by atoms with van der Waals surface area (Å²) >= 11 is 1.58. The maximum Gasteiger partial charge on any atom is 0.255 e. The number of carbonyl (C=O) groups is 1. The number of nitrogens with zero attached hydrogens (tertiary/aromatic N) is 3. The topological polar surface area (TPSA) is 67.4 Å². The van der Waals surface area contributed by atoms with Crippen molar-refractivity contribution >= 4 is 22.4 Å². The summed E-state index contributed by atoms with van der Waals surface area (Å²) in [4.78, 5) is 24.6. The zero-order valence-electron chi connectivity index (χ0n) is 13.4. The maximum atomic E-state index is 12.1. The Labute approximate surface area is 144 Å². The van der Waals surface area contributed by atoms with E-state index in [4.69, 9.17) is 4.74 Å². The molecule has 4 heterocycles. The highest BCUT2D eigenvalue weighted by atomic mass is 32.1. The standard InChI is InChI=1S/C17H20N4O2S/c22-16(14-4-2-8-23-14)20-17-19-13-5-7-21(11-15(13)24-17)10-12-3-1-6-18-9-12/h1,3,6,9,14H,2,4-5,7-8,10-11H2,(H,19,20,22). The third kappa shape index (κ3) is 3.48. The Hall–Kier alpha value is -1.83. The number of anilines is 1. The van der Waals surface area contributed by atoms with Gasteiger partial charge in [-0.3, -0.25) is 20.0 Å². The molecule has 0 aromatic carbocycles. The smallest absolute Gasteiger partial charge is 0.255 e. The molecule has 1 atom stereocenters. The molecule has 1 unspecified atom stereocenters. The van der Waals surface area contributed by atoms with Crippen LogP contribution in [0.1, 0.15) is 29.0 Å². The van der Waals surface area contributed by atoms with Gasteiger partial charge in [0.15, 0.2) is 5.13 Å². The molecule has 1 fully saturated rings. The number of ether oxygens (including phenoxy) is 1. The molecule has 1 amide bonds. The van der Waals surface area contributed by atoms with Crippen LogP contribution in [0.2, 0.25) is 0 Å². The van der Waals surface area contributed by atoms with E-state index in [0.29, 0.717) is 11.7 Å². The number of hydrogen-bond donors (Lipinski definition) is 1. The summed E-state index contributed by atoms with van der Waals surface area (Å²) in [6.45, 7) is 3.42. The molecule has 0 radical (unpaired) electrons. The summed E-state index contributed by atoms with van der Waals surface area (Å²) in [5, 5.41) is 3.62. The fourth-order valence-electron chi connectivity index (χ4n) is 3.16. The number of nitrogens with one attached hydrogen (secondary N) is 1. The van der Waals surface area contributed by atoms with E-state index in [1.54, 1.807) is 17.5 Å². The van der Waals surface area contributed by atoms with Gasteiger partial charge in [-0.2, -0.15) is 0 Å². The third-order valence-corrected chi connectivity index (χ3v) is 5.39. The van der Waals surface area contributed by atoms with Crippen molar-refractivity contribution in [2.45, 2.75) is 38.5 Å². The van der Waals surface area contributed by atoms with E-state index in [-0.39, 0.29) is 12.0 Å². The molecule has 1 N–H and O–H groups in total. The highest BCUT2D eigenvalue weighted by Crippen LogP contribution is 2.29. The van der Waals surface area contributed by atoms with Crippen molar-refractivity contribution in [3.63, 3.8) is 0 Å². The molecule has 1 saturated heterocycles. The molecule has 2 aromatic rings. The van der Waals surface area contributed by atoms with Crippen LogP contribution < -0.4 is 5.32 Å². The van der Waals surface area contributed by atoms with Gasteiger partial charge in [-0.05, 0) is 24.5 Å². The van der Waals surface area contributed by atoms with Gasteiger partial charge in [-0.1, -0.05) is 6.07 Å². The minimum atomic E-state index is -0.312. The van der Waals surface area contributed by atoms with E-state index < -0.39 is 0 Å². The fourth-order valence-corrected chi connectivity index (χ4v) is 4.21. The van der Waals surface area contributed by atoms with E-state index >= 15 is 0 Å². The van der Waals surface area contributed by atoms with Gasteiger partial charge in [0.1, 0.15) is 6.10 Å². The predicted octanol–water partition coefficient (Wildman–Crippen LogP) is 2.21. The molecule has 0 bridgehead atoms. The summed E-state index contributed by atoms with van der Waals surface area (Å²) in [6.07, 6.45) is 6.07. The minimum absolute atomic E-state index is 0.0641. The second-order valence-electron chi connectivity index (χ2n) is 6.20. The highest BCUT2D eigenvalue weighted by Gasteiger charge is 2.26. The van der Waals surface area contributed by atoms with Crippen molar-refractivity contribution < 1.29 is 9.53 Å². The Balaban J connectivity index is 1.39. The zero-order valence-corrected chi connectivity index (χ0v) is 14.2. The van der Waals surface area contributed by atoms with Crippen molar-refractivity contribution in [3.8, 4) is 0 Å². The lowest BCUT2D eigenvalue weighted by molar-refractivity contribution is -0.124. The van der Waals surface area contributed by atoms with Crippen LogP contribution in [0.3, 0.4) is 0 Å². The van der Waals surface area contributed by atoms with Crippen LogP contribution >= 0.6 is 11.3 Å². The van der Waals surface area contributed by atoms with Gasteiger partial charge in [0.25, 0.3) is 5.91 Å². The first-order valence-electron chi connectivity index (χ1n) is 8.30. The van der Waals surface area contributed by atoms with Crippen molar-refractivity contribution in [3.05, 3.63) is 40.7 Å². The van der Waals surface area contributed by atoms with Crippen LogP contribution in [0, 0.1) is 0 Å². The molecule has 2 aromatic heterocycles. The predicted molar refractivity (Wildman–Crippen MR) is 91.8 cm³/mol. The first kappa shape index (κ1) is 15.7. The molecular formula is C17H20N4O2S. The van der Waals surface area contributed by atoms with Crippen LogP contribution in [0.4, 0.5) is 5.13 Å². The molecule has 0 saturated carbocycles. The number of hydrogen-bond acceptors (Lipinski definition) is 6. The Bertz CT molecular complexity index is 713.